The van der Waals surface area contributed by atoms with Crippen LogP contribution in [0, 0.1) is 5.92 Å². The average Bonchev–Trinajstić information content (AvgIpc) is 2.51. The molecule has 0 radical (unpaired) electrons. The molecule has 1 fully saturated rings. The van der Waals surface area contributed by atoms with Gasteiger partial charge in [0.15, 0.2) is 0 Å². The summed E-state index contributed by atoms with van der Waals surface area (Å²) in [5.74, 6) is 0.759. The SMILES string of the molecule is C[C@H]1CCN[C@@H]1c1cccc(Br)c1. The van der Waals surface area contributed by atoms with Crippen molar-refractivity contribution in [1.82, 2.24) is 5.32 Å². The molecule has 2 atom stereocenters. The third-order valence-corrected chi connectivity index (χ3v) is 3.23. The molecule has 1 nitrogen and oxygen atoms in total. The van der Waals surface area contributed by atoms with Crippen LogP contribution in [0.4, 0.5) is 0 Å². The van der Waals surface area contributed by atoms with Crippen LogP contribution in [0.2, 0.25) is 0 Å². The minimum absolute atomic E-state index is 0.553. The van der Waals surface area contributed by atoms with Gasteiger partial charge in [0.1, 0.15) is 0 Å². The fourth-order valence-corrected chi connectivity index (χ4v) is 2.40. The Balaban J connectivity index is 2.24. The normalized spacial score (nSPS) is 27.8. The summed E-state index contributed by atoms with van der Waals surface area (Å²) in [5, 5.41) is 3.53. The third-order valence-electron chi connectivity index (χ3n) is 2.74. The molecule has 2 heteroatoms. The predicted octanol–water partition coefficient (Wildman–Crippen LogP) is 3.12. The fourth-order valence-electron chi connectivity index (χ4n) is 1.98. The van der Waals surface area contributed by atoms with Crippen molar-refractivity contribution in [3.8, 4) is 0 Å². The molecule has 2 rings (SSSR count). The second-order valence-electron chi connectivity index (χ2n) is 3.75. The Kier molecular flexibility index (Phi) is 2.70. The smallest absolute Gasteiger partial charge is 0.0346 e. The Hall–Kier alpha value is -0.340. The first-order valence-corrected chi connectivity index (χ1v) is 5.55. The maximum absolute atomic E-state index is 3.53. The zero-order valence-electron chi connectivity index (χ0n) is 7.76. The van der Waals surface area contributed by atoms with Gasteiger partial charge >= 0.3 is 0 Å². The summed E-state index contributed by atoms with van der Waals surface area (Å²) in [7, 11) is 0. The molecule has 0 saturated carbocycles. The zero-order chi connectivity index (χ0) is 9.26. The molecule has 0 bridgehead atoms. The lowest BCUT2D eigenvalue weighted by molar-refractivity contribution is 0.503. The van der Waals surface area contributed by atoms with Crippen LogP contribution in [0.5, 0.6) is 0 Å². The number of nitrogens with one attached hydrogen (secondary N) is 1. The van der Waals surface area contributed by atoms with E-state index in [-0.39, 0.29) is 0 Å². The van der Waals surface area contributed by atoms with Gasteiger partial charge in [0.05, 0.1) is 0 Å². The summed E-state index contributed by atoms with van der Waals surface area (Å²) in [6.45, 7) is 3.46. The highest BCUT2D eigenvalue weighted by molar-refractivity contribution is 9.10. The van der Waals surface area contributed by atoms with Gasteiger partial charge in [-0.25, -0.2) is 0 Å². The van der Waals surface area contributed by atoms with Crippen molar-refractivity contribution in [1.29, 1.82) is 0 Å². The number of hydrogen-bond donors (Lipinski definition) is 1. The Labute approximate surface area is 87.7 Å². The first kappa shape index (κ1) is 9.22. The summed E-state index contributed by atoms with van der Waals surface area (Å²) in [5.41, 5.74) is 1.40. The average molecular weight is 240 g/mol. The molecule has 13 heavy (non-hydrogen) atoms. The lowest BCUT2D eigenvalue weighted by atomic mass is 9.96. The highest BCUT2D eigenvalue weighted by Crippen LogP contribution is 2.30. The van der Waals surface area contributed by atoms with Crippen LogP contribution in [-0.2, 0) is 0 Å². The van der Waals surface area contributed by atoms with Crippen LogP contribution in [-0.4, -0.2) is 6.54 Å². The Bertz CT molecular complexity index is 298. The summed E-state index contributed by atoms with van der Waals surface area (Å²) < 4.78 is 1.17. The van der Waals surface area contributed by atoms with Crippen LogP contribution in [0.1, 0.15) is 24.9 Å². The van der Waals surface area contributed by atoms with E-state index >= 15 is 0 Å². The molecule has 1 aromatic carbocycles. The van der Waals surface area contributed by atoms with E-state index in [1.54, 1.807) is 0 Å². The second-order valence-corrected chi connectivity index (χ2v) is 4.67. The first-order valence-electron chi connectivity index (χ1n) is 4.76. The molecule has 0 aromatic heterocycles. The Morgan fingerprint density at radius 2 is 2.31 bits per heavy atom. The van der Waals surface area contributed by atoms with E-state index in [9.17, 15) is 0 Å². The molecule has 1 aromatic rings. The maximum atomic E-state index is 3.53. The van der Waals surface area contributed by atoms with Gasteiger partial charge < -0.3 is 5.32 Å². The van der Waals surface area contributed by atoms with E-state index < -0.39 is 0 Å². The molecule has 1 N–H and O–H groups in total. The summed E-state index contributed by atoms with van der Waals surface area (Å²) in [4.78, 5) is 0. The Morgan fingerprint density at radius 3 is 2.92 bits per heavy atom. The van der Waals surface area contributed by atoms with E-state index in [0.717, 1.165) is 12.5 Å². The highest BCUT2D eigenvalue weighted by Gasteiger charge is 2.23. The van der Waals surface area contributed by atoms with Gasteiger partial charge in [-0.3, -0.25) is 0 Å². The molecule has 0 spiro atoms. The van der Waals surface area contributed by atoms with E-state index in [2.05, 4.69) is 52.4 Å². The number of rotatable bonds is 1. The lowest BCUT2D eigenvalue weighted by Crippen LogP contribution is -2.16. The largest absolute Gasteiger partial charge is 0.310 e. The second kappa shape index (κ2) is 3.81. The molecule has 0 amide bonds. The molecule has 1 aliphatic rings. The van der Waals surface area contributed by atoms with Crippen molar-refractivity contribution in [2.45, 2.75) is 19.4 Å². The summed E-state index contributed by atoms with van der Waals surface area (Å²) >= 11 is 3.50. The van der Waals surface area contributed by atoms with E-state index in [1.165, 1.54) is 16.5 Å². The minimum atomic E-state index is 0.553. The molecule has 1 aliphatic heterocycles. The topological polar surface area (TPSA) is 12.0 Å². The van der Waals surface area contributed by atoms with Crippen LogP contribution in [0.15, 0.2) is 28.7 Å². The van der Waals surface area contributed by atoms with Gasteiger partial charge in [-0.15, -0.1) is 0 Å². The standard InChI is InChI=1S/C11H14BrN/c1-8-5-6-13-11(8)9-3-2-4-10(12)7-9/h2-4,7-8,11,13H,5-6H2,1H3/t8-,11-/m0/s1. The van der Waals surface area contributed by atoms with E-state index in [4.69, 9.17) is 0 Å². The first-order chi connectivity index (χ1) is 6.27. The molecular weight excluding hydrogens is 226 g/mol. The lowest BCUT2D eigenvalue weighted by Gasteiger charge is -2.16. The predicted molar refractivity (Wildman–Crippen MR) is 58.7 cm³/mol. The summed E-state index contributed by atoms with van der Waals surface area (Å²) in [6.07, 6.45) is 1.29. The van der Waals surface area contributed by atoms with Crippen molar-refractivity contribution >= 4 is 15.9 Å². The van der Waals surface area contributed by atoms with Crippen LogP contribution in [0.25, 0.3) is 0 Å². The molecule has 1 heterocycles. The third kappa shape index (κ3) is 1.94. The van der Waals surface area contributed by atoms with Crippen LogP contribution in [0.3, 0.4) is 0 Å². The van der Waals surface area contributed by atoms with E-state index in [0.29, 0.717) is 6.04 Å². The van der Waals surface area contributed by atoms with Gasteiger partial charge in [-0.1, -0.05) is 35.0 Å². The van der Waals surface area contributed by atoms with Crippen molar-refractivity contribution in [2.24, 2.45) is 5.92 Å². The summed E-state index contributed by atoms with van der Waals surface area (Å²) in [6, 6.07) is 9.14. The van der Waals surface area contributed by atoms with Gasteiger partial charge in [-0.2, -0.15) is 0 Å². The van der Waals surface area contributed by atoms with Gasteiger partial charge in [0.2, 0.25) is 0 Å². The maximum Gasteiger partial charge on any atom is 0.0346 e. The van der Waals surface area contributed by atoms with Crippen molar-refractivity contribution in [3.63, 3.8) is 0 Å². The van der Waals surface area contributed by atoms with Crippen LogP contribution >= 0.6 is 15.9 Å². The molecule has 1 saturated heterocycles. The van der Waals surface area contributed by atoms with Crippen molar-refractivity contribution in [3.05, 3.63) is 34.3 Å². The highest BCUT2D eigenvalue weighted by atomic mass is 79.9. The van der Waals surface area contributed by atoms with E-state index in [1.807, 2.05) is 0 Å². The zero-order valence-corrected chi connectivity index (χ0v) is 9.34. The quantitative estimate of drug-likeness (QED) is 0.795. The minimum Gasteiger partial charge on any atom is -0.310 e. The van der Waals surface area contributed by atoms with Gasteiger partial charge in [-0.05, 0) is 36.6 Å². The monoisotopic (exact) mass is 239 g/mol. The van der Waals surface area contributed by atoms with Gasteiger partial charge in [0.25, 0.3) is 0 Å². The molecule has 0 aliphatic carbocycles. The number of halogens is 1. The fraction of sp³-hybridized carbons (Fsp3) is 0.455. The van der Waals surface area contributed by atoms with Gasteiger partial charge in [0, 0.05) is 10.5 Å². The molecule has 70 valence electrons. The van der Waals surface area contributed by atoms with Crippen LogP contribution < -0.4 is 5.32 Å². The molecular formula is C11H14BrN. The number of benzene rings is 1. The molecule has 0 unspecified atom stereocenters. The van der Waals surface area contributed by atoms with Crippen molar-refractivity contribution < 1.29 is 0 Å². The van der Waals surface area contributed by atoms with Crippen molar-refractivity contribution in [2.75, 3.05) is 6.54 Å². The number of hydrogen-bond acceptors (Lipinski definition) is 1. The Morgan fingerprint density at radius 1 is 1.46 bits per heavy atom.